The molecule has 0 atom stereocenters. The molecule has 0 amide bonds. The van der Waals surface area contributed by atoms with Gasteiger partial charge in [-0.15, -0.1) is 4.79 Å². The summed E-state index contributed by atoms with van der Waals surface area (Å²) in [5, 5.41) is 5.51. The second kappa shape index (κ2) is 2.70. The van der Waals surface area contributed by atoms with E-state index in [0.717, 1.165) is 0 Å². The first-order chi connectivity index (χ1) is 6.29. The van der Waals surface area contributed by atoms with Crippen molar-refractivity contribution < 1.29 is 0 Å². The maximum Gasteiger partial charge on any atom is 0.170 e. The molecule has 0 aromatic carbocycles. The van der Waals surface area contributed by atoms with Gasteiger partial charge in [-0.05, 0) is 0 Å². The van der Waals surface area contributed by atoms with Crippen LogP contribution in [0.5, 0.6) is 0 Å². The molecule has 5 N–H and O–H groups in total. The van der Waals surface area contributed by atoms with Crippen LogP contribution < -0.4 is 22.0 Å². The zero-order chi connectivity index (χ0) is 9.26. The van der Waals surface area contributed by atoms with E-state index in [-0.39, 0.29) is 0 Å². The maximum absolute atomic E-state index is 5.65. The summed E-state index contributed by atoms with van der Waals surface area (Å²) in [6, 6.07) is 0. The number of nitrogen functional groups attached to an aromatic ring is 2. The van der Waals surface area contributed by atoms with Crippen LogP contribution >= 0.6 is 0 Å². The third-order valence-electron chi connectivity index (χ3n) is 1.58. The Morgan fingerprint density at radius 3 is 2.77 bits per heavy atom. The molecule has 68 valence electrons. The van der Waals surface area contributed by atoms with E-state index in [2.05, 4.69) is 15.5 Å². The number of nitrogens with two attached hydrogens (primary N) is 2. The Labute approximate surface area is 74.3 Å². The number of hydrogen-bond donors (Lipinski definition) is 3. The average Bonchev–Trinajstić information content (AvgIpc) is 2.49. The lowest BCUT2D eigenvalue weighted by atomic mass is 10.5. The van der Waals surface area contributed by atoms with Crippen LogP contribution in [-0.4, -0.2) is 16.2 Å². The monoisotopic (exact) mass is 179 g/mol. The average molecular weight is 179 g/mol. The molecular formula is C6H9N7. The standard InChI is InChI=1S/C6H9N7/c7-5-3-10-13(6(5)8)12-2-1-9-4-11-12/h1-4H,7-8H2,(H,9,11). The van der Waals surface area contributed by atoms with Gasteiger partial charge in [0.25, 0.3) is 0 Å². The second-order valence-electron chi connectivity index (χ2n) is 2.42. The first-order valence-electron chi connectivity index (χ1n) is 3.62. The van der Waals surface area contributed by atoms with Crippen molar-refractivity contribution in [3.63, 3.8) is 0 Å². The fourth-order valence-electron chi connectivity index (χ4n) is 0.930. The number of aromatic nitrogens is 2. The number of nitrogens with one attached hydrogen (secondary N) is 1. The topological polar surface area (TPSA) is 97.5 Å². The minimum Gasteiger partial charge on any atom is -0.394 e. The van der Waals surface area contributed by atoms with Gasteiger partial charge >= 0.3 is 0 Å². The summed E-state index contributed by atoms with van der Waals surface area (Å²) in [6.45, 7) is 0. The molecule has 0 spiro atoms. The third kappa shape index (κ3) is 1.15. The fourth-order valence-corrected chi connectivity index (χ4v) is 0.930. The quantitative estimate of drug-likeness (QED) is 0.514. The first kappa shape index (κ1) is 7.47. The molecule has 0 saturated carbocycles. The van der Waals surface area contributed by atoms with Crippen molar-refractivity contribution in [2.24, 2.45) is 4.99 Å². The van der Waals surface area contributed by atoms with Gasteiger partial charge in [0.1, 0.15) is 6.34 Å². The normalized spacial score (nSPS) is 14.6. The van der Waals surface area contributed by atoms with Crippen LogP contribution in [0.1, 0.15) is 0 Å². The van der Waals surface area contributed by atoms with Crippen LogP contribution in [0.3, 0.4) is 0 Å². The number of hydrazine groups is 1. The van der Waals surface area contributed by atoms with E-state index >= 15 is 0 Å². The van der Waals surface area contributed by atoms with E-state index in [1.807, 2.05) is 0 Å². The lowest BCUT2D eigenvalue weighted by molar-refractivity contribution is 0.588. The van der Waals surface area contributed by atoms with E-state index in [1.54, 1.807) is 17.5 Å². The molecule has 1 aromatic heterocycles. The van der Waals surface area contributed by atoms with Crippen molar-refractivity contribution in [1.82, 2.24) is 15.3 Å². The van der Waals surface area contributed by atoms with Crippen molar-refractivity contribution in [2.45, 2.75) is 0 Å². The lowest BCUT2D eigenvalue weighted by Crippen LogP contribution is -2.43. The molecule has 0 saturated heterocycles. The molecule has 7 heteroatoms. The third-order valence-corrected chi connectivity index (χ3v) is 1.58. The van der Waals surface area contributed by atoms with E-state index < -0.39 is 0 Å². The number of rotatable bonds is 1. The summed E-state index contributed by atoms with van der Waals surface area (Å²) < 4.78 is 0. The SMILES string of the molecule is Nc1cnn(N2C=CN=CN2)c1N. The predicted molar refractivity (Wildman–Crippen MR) is 50.0 cm³/mol. The van der Waals surface area contributed by atoms with Gasteiger partial charge in [0.05, 0.1) is 18.1 Å². The molecule has 7 nitrogen and oxygen atoms in total. The van der Waals surface area contributed by atoms with E-state index in [0.29, 0.717) is 11.5 Å². The van der Waals surface area contributed by atoms with Gasteiger partial charge in [-0.3, -0.25) is 5.43 Å². The highest BCUT2D eigenvalue weighted by Crippen LogP contribution is 2.12. The Balaban J connectivity index is 2.30. The Bertz CT molecular complexity index is 363. The Morgan fingerprint density at radius 1 is 1.38 bits per heavy atom. The smallest absolute Gasteiger partial charge is 0.170 e. The summed E-state index contributed by atoms with van der Waals surface area (Å²) in [6.07, 6.45) is 6.27. The predicted octanol–water partition coefficient (Wildman–Crippen LogP) is -0.997. The van der Waals surface area contributed by atoms with Crippen molar-refractivity contribution in [1.29, 1.82) is 0 Å². The van der Waals surface area contributed by atoms with Crippen LogP contribution in [-0.2, 0) is 0 Å². The van der Waals surface area contributed by atoms with Crippen LogP contribution in [0.2, 0.25) is 0 Å². The van der Waals surface area contributed by atoms with Crippen LogP contribution in [0.4, 0.5) is 11.5 Å². The molecule has 1 aliphatic rings. The van der Waals surface area contributed by atoms with Crippen LogP contribution in [0.25, 0.3) is 0 Å². The molecule has 1 aliphatic heterocycles. The van der Waals surface area contributed by atoms with Gasteiger partial charge in [-0.1, -0.05) is 0 Å². The van der Waals surface area contributed by atoms with Crippen molar-refractivity contribution >= 4 is 17.8 Å². The van der Waals surface area contributed by atoms with E-state index in [4.69, 9.17) is 11.5 Å². The van der Waals surface area contributed by atoms with Gasteiger partial charge < -0.3 is 11.5 Å². The van der Waals surface area contributed by atoms with E-state index in [9.17, 15) is 0 Å². The van der Waals surface area contributed by atoms with Crippen LogP contribution in [0, 0.1) is 0 Å². The molecule has 0 unspecified atom stereocenters. The Kier molecular flexibility index (Phi) is 1.55. The molecule has 0 fully saturated rings. The highest BCUT2D eigenvalue weighted by atomic mass is 15.8. The highest BCUT2D eigenvalue weighted by Gasteiger charge is 2.09. The van der Waals surface area contributed by atoms with Gasteiger partial charge in [0.15, 0.2) is 5.82 Å². The molecular weight excluding hydrogens is 170 g/mol. The summed E-state index contributed by atoms with van der Waals surface area (Å²) in [5.41, 5.74) is 14.4. The zero-order valence-corrected chi connectivity index (χ0v) is 6.75. The Morgan fingerprint density at radius 2 is 2.23 bits per heavy atom. The fraction of sp³-hybridized carbons (Fsp3) is 0. The molecule has 0 bridgehead atoms. The molecule has 2 rings (SSSR count). The minimum atomic E-state index is 0.382. The van der Waals surface area contributed by atoms with Gasteiger partial charge in [0.2, 0.25) is 0 Å². The highest BCUT2D eigenvalue weighted by molar-refractivity contribution is 5.61. The summed E-state index contributed by atoms with van der Waals surface area (Å²) in [5.74, 6) is 0.382. The van der Waals surface area contributed by atoms with Gasteiger partial charge in [-0.25, -0.2) is 4.99 Å². The number of hydrogen-bond acceptors (Lipinski definition) is 6. The first-order valence-corrected chi connectivity index (χ1v) is 3.62. The largest absolute Gasteiger partial charge is 0.394 e. The molecule has 0 radical (unpaired) electrons. The zero-order valence-electron chi connectivity index (χ0n) is 6.75. The Hall–Kier alpha value is -2.18. The molecule has 2 heterocycles. The van der Waals surface area contributed by atoms with Crippen molar-refractivity contribution in [3.8, 4) is 0 Å². The molecule has 1 aromatic rings. The van der Waals surface area contributed by atoms with Crippen molar-refractivity contribution in [3.05, 3.63) is 18.6 Å². The van der Waals surface area contributed by atoms with E-state index in [1.165, 1.54) is 17.3 Å². The summed E-state index contributed by atoms with van der Waals surface area (Å²) in [7, 11) is 0. The summed E-state index contributed by atoms with van der Waals surface area (Å²) >= 11 is 0. The number of aliphatic imine (C=N–C) groups is 1. The number of anilines is 2. The van der Waals surface area contributed by atoms with Gasteiger partial charge in [-0.2, -0.15) is 10.2 Å². The van der Waals surface area contributed by atoms with Crippen molar-refractivity contribution in [2.75, 3.05) is 16.6 Å². The minimum absolute atomic E-state index is 0.382. The second-order valence-corrected chi connectivity index (χ2v) is 2.42. The summed E-state index contributed by atoms with van der Waals surface area (Å²) in [4.78, 5) is 5.25. The number of nitrogens with zero attached hydrogens (tertiary/aromatic N) is 4. The molecule has 13 heavy (non-hydrogen) atoms. The van der Waals surface area contributed by atoms with Gasteiger partial charge in [0, 0.05) is 6.20 Å². The maximum atomic E-state index is 5.65. The molecule has 0 aliphatic carbocycles. The van der Waals surface area contributed by atoms with Crippen LogP contribution in [0.15, 0.2) is 23.6 Å². The lowest BCUT2D eigenvalue weighted by Gasteiger charge is -2.21.